The van der Waals surface area contributed by atoms with Crippen molar-refractivity contribution in [1.82, 2.24) is 9.97 Å². The highest BCUT2D eigenvalue weighted by Gasteiger charge is 2.06. The Balaban J connectivity index is 2.45. The van der Waals surface area contributed by atoms with Crippen molar-refractivity contribution in [3.63, 3.8) is 0 Å². The lowest BCUT2D eigenvalue weighted by Crippen LogP contribution is -2.11. The summed E-state index contributed by atoms with van der Waals surface area (Å²) in [4.78, 5) is 18.8. The number of benzene rings is 1. The molecule has 0 bridgehead atoms. The van der Waals surface area contributed by atoms with Crippen molar-refractivity contribution < 1.29 is 0 Å². The van der Waals surface area contributed by atoms with Gasteiger partial charge in [0.2, 0.25) is 0 Å². The van der Waals surface area contributed by atoms with E-state index in [1.54, 1.807) is 18.2 Å². The van der Waals surface area contributed by atoms with Gasteiger partial charge in [-0.25, -0.2) is 4.98 Å². The van der Waals surface area contributed by atoms with Gasteiger partial charge in [0.25, 0.3) is 5.56 Å². The number of nitrogens with zero attached hydrogens (tertiary/aromatic N) is 1. The molecular formula is C14H17N3O. The summed E-state index contributed by atoms with van der Waals surface area (Å²) in [5, 5.41) is 0. The maximum absolute atomic E-state index is 11.6. The highest BCUT2D eigenvalue weighted by atomic mass is 16.1. The van der Waals surface area contributed by atoms with E-state index in [9.17, 15) is 4.79 Å². The van der Waals surface area contributed by atoms with E-state index < -0.39 is 0 Å². The Morgan fingerprint density at radius 1 is 1.33 bits per heavy atom. The Kier molecular flexibility index (Phi) is 3.46. The number of hydrogen-bond donors (Lipinski definition) is 2. The van der Waals surface area contributed by atoms with Gasteiger partial charge in [-0.2, -0.15) is 0 Å². The van der Waals surface area contributed by atoms with Crippen LogP contribution in [0.3, 0.4) is 0 Å². The molecule has 0 fully saturated rings. The highest BCUT2D eigenvalue weighted by molar-refractivity contribution is 5.60. The van der Waals surface area contributed by atoms with Crippen molar-refractivity contribution in [2.75, 3.05) is 5.73 Å². The van der Waals surface area contributed by atoms with Crippen molar-refractivity contribution in [2.45, 2.75) is 20.3 Å². The average Bonchev–Trinajstić information content (AvgIpc) is 2.27. The quantitative estimate of drug-likeness (QED) is 0.812. The molecule has 0 spiro atoms. The second kappa shape index (κ2) is 5.04. The van der Waals surface area contributed by atoms with E-state index in [4.69, 9.17) is 5.73 Å². The average molecular weight is 243 g/mol. The van der Waals surface area contributed by atoms with Crippen LogP contribution in [0, 0.1) is 5.92 Å². The fraction of sp³-hybridized carbons (Fsp3) is 0.286. The summed E-state index contributed by atoms with van der Waals surface area (Å²) in [6.45, 7) is 4.20. The zero-order valence-corrected chi connectivity index (χ0v) is 10.6. The van der Waals surface area contributed by atoms with Gasteiger partial charge in [-0.15, -0.1) is 0 Å². The van der Waals surface area contributed by atoms with Crippen LogP contribution in [-0.2, 0) is 6.42 Å². The Hall–Kier alpha value is -2.10. The molecule has 0 unspecified atom stereocenters. The molecule has 0 saturated heterocycles. The third-order valence-electron chi connectivity index (χ3n) is 2.57. The first-order chi connectivity index (χ1) is 8.54. The molecule has 0 saturated carbocycles. The van der Waals surface area contributed by atoms with Crippen molar-refractivity contribution in [3.05, 3.63) is 46.4 Å². The molecule has 0 atom stereocenters. The minimum absolute atomic E-state index is 0.127. The van der Waals surface area contributed by atoms with Crippen LogP contribution < -0.4 is 11.3 Å². The van der Waals surface area contributed by atoms with Gasteiger partial charge < -0.3 is 10.7 Å². The summed E-state index contributed by atoms with van der Waals surface area (Å²) in [5.74, 6) is 1.04. The summed E-state index contributed by atoms with van der Waals surface area (Å²) >= 11 is 0. The predicted octanol–water partition coefficient (Wildman–Crippen LogP) is 2.22. The molecule has 94 valence electrons. The van der Waals surface area contributed by atoms with E-state index in [-0.39, 0.29) is 5.56 Å². The number of anilines is 1. The summed E-state index contributed by atoms with van der Waals surface area (Å²) in [5.41, 5.74) is 7.91. The van der Waals surface area contributed by atoms with Crippen LogP contribution in [0.25, 0.3) is 11.4 Å². The largest absolute Gasteiger partial charge is 0.399 e. The van der Waals surface area contributed by atoms with Crippen LogP contribution in [0.15, 0.2) is 35.1 Å². The zero-order valence-electron chi connectivity index (χ0n) is 10.6. The van der Waals surface area contributed by atoms with Crippen LogP contribution in [0.5, 0.6) is 0 Å². The SMILES string of the molecule is CC(C)Cc1cc(=O)[nH]c(-c2cccc(N)c2)n1. The molecule has 1 aromatic carbocycles. The third kappa shape index (κ3) is 2.97. The zero-order chi connectivity index (χ0) is 13.1. The summed E-state index contributed by atoms with van der Waals surface area (Å²) < 4.78 is 0. The number of nitrogens with two attached hydrogens (primary N) is 1. The number of hydrogen-bond acceptors (Lipinski definition) is 3. The lowest BCUT2D eigenvalue weighted by atomic mass is 10.1. The minimum atomic E-state index is -0.127. The number of aromatic amines is 1. The van der Waals surface area contributed by atoms with Gasteiger partial charge in [0.15, 0.2) is 0 Å². The number of rotatable bonds is 3. The maximum Gasteiger partial charge on any atom is 0.251 e. The van der Waals surface area contributed by atoms with Crippen molar-refractivity contribution in [1.29, 1.82) is 0 Å². The number of nitrogen functional groups attached to an aromatic ring is 1. The maximum atomic E-state index is 11.6. The van der Waals surface area contributed by atoms with E-state index in [0.717, 1.165) is 17.7 Å². The second-order valence-electron chi connectivity index (χ2n) is 4.81. The van der Waals surface area contributed by atoms with Crippen LogP contribution in [0.2, 0.25) is 0 Å². The lowest BCUT2D eigenvalue weighted by molar-refractivity contribution is 0.634. The molecular weight excluding hydrogens is 226 g/mol. The smallest absolute Gasteiger partial charge is 0.251 e. The first-order valence-electron chi connectivity index (χ1n) is 6.01. The van der Waals surface area contributed by atoms with Gasteiger partial charge >= 0.3 is 0 Å². The summed E-state index contributed by atoms with van der Waals surface area (Å²) in [6, 6.07) is 8.89. The Labute approximate surface area is 106 Å². The minimum Gasteiger partial charge on any atom is -0.399 e. The molecule has 0 aliphatic rings. The number of nitrogens with one attached hydrogen (secondary N) is 1. The van der Waals surface area contributed by atoms with E-state index >= 15 is 0 Å². The Bertz CT molecular complexity index is 602. The van der Waals surface area contributed by atoms with Crippen molar-refractivity contribution >= 4 is 5.69 Å². The van der Waals surface area contributed by atoms with Crippen LogP contribution in [-0.4, -0.2) is 9.97 Å². The van der Waals surface area contributed by atoms with E-state index in [1.165, 1.54) is 0 Å². The van der Waals surface area contributed by atoms with Crippen LogP contribution >= 0.6 is 0 Å². The van der Waals surface area contributed by atoms with E-state index in [2.05, 4.69) is 23.8 Å². The number of H-pyrrole nitrogens is 1. The first kappa shape index (κ1) is 12.4. The van der Waals surface area contributed by atoms with Gasteiger partial charge in [-0.05, 0) is 24.5 Å². The molecule has 4 nitrogen and oxygen atoms in total. The standard InChI is InChI=1S/C14H17N3O/c1-9(2)6-12-8-13(18)17-14(16-12)10-4-3-5-11(15)7-10/h3-5,7-9H,6,15H2,1-2H3,(H,16,17,18). The molecule has 0 radical (unpaired) electrons. The van der Waals surface area contributed by atoms with E-state index in [0.29, 0.717) is 17.4 Å². The van der Waals surface area contributed by atoms with Gasteiger partial charge in [-0.1, -0.05) is 26.0 Å². The van der Waals surface area contributed by atoms with Crippen molar-refractivity contribution in [2.24, 2.45) is 5.92 Å². The van der Waals surface area contributed by atoms with Crippen molar-refractivity contribution in [3.8, 4) is 11.4 Å². The molecule has 3 N–H and O–H groups in total. The van der Waals surface area contributed by atoms with Gasteiger partial charge in [0, 0.05) is 23.0 Å². The molecule has 1 heterocycles. The summed E-state index contributed by atoms with van der Waals surface area (Å²) in [6.07, 6.45) is 0.791. The monoisotopic (exact) mass is 243 g/mol. The van der Waals surface area contributed by atoms with Gasteiger partial charge in [0.1, 0.15) is 5.82 Å². The number of aromatic nitrogens is 2. The topological polar surface area (TPSA) is 71.8 Å². The van der Waals surface area contributed by atoms with Crippen LogP contribution in [0.4, 0.5) is 5.69 Å². The van der Waals surface area contributed by atoms with Gasteiger partial charge in [-0.3, -0.25) is 4.79 Å². The van der Waals surface area contributed by atoms with Crippen LogP contribution in [0.1, 0.15) is 19.5 Å². The molecule has 0 aliphatic heterocycles. The molecule has 0 aliphatic carbocycles. The molecule has 4 heteroatoms. The predicted molar refractivity (Wildman–Crippen MR) is 73.2 cm³/mol. The first-order valence-corrected chi connectivity index (χ1v) is 6.01. The van der Waals surface area contributed by atoms with E-state index in [1.807, 2.05) is 12.1 Å². The fourth-order valence-electron chi connectivity index (χ4n) is 1.85. The summed E-state index contributed by atoms with van der Waals surface area (Å²) in [7, 11) is 0. The molecule has 2 aromatic rings. The molecule has 18 heavy (non-hydrogen) atoms. The second-order valence-corrected chi connectivity index (χ2v) is 4.81. The Morgan fingerprint density at radius 3 is 2.78 bits per heavy atom. The van der Waals surface area contributed by atoms with Gasteiger partial charge in [0.05, 0.1) is 0 Å². The third-order valence-corrected chi connectivity index (χ3v) is 2.57. The highest BCUT2D eigenvalue weighted by Crippen LogP contribution is 2.17. The Morgan fingerprint density at radius 2 is 2.11 bits per heavy atom. The molecule has 2 rings (SSSR count). The molecule has 1 aromatic heterocycles. The fourth-order valence-corrected chi connectivity index (χ4v) is 1.85. The molecule has 0 amide bonds. The lowest BCUT2D eigenvalue weighted by Gasteiger charge is -2.07. The normalized spacial score (nSPS) is 10.8.